The fraction of sp³-hybridized carbons (Fsp3) is 0.700. The van der Waals surface area contributed by atoms with Gasteiger partial charge in [-0.3, -0.25) is 19.3 Å². The van der Waals surface area contributed by atoms with Crippen molar-refractivity contribution in [1.29, 1.82) is 0 Å². The molecule has 1 heterocycles. The summed E-state index contributed by atoms with van der Waals surface area (Å²) in [6.45, 7) is 4.30. The van der Waals surface area contributed by atoms with Gasteiger partial charge < -0.3 is 10.8 Å². The Morgan fingerprint density at radius 2 is 2.06 bits per heavy atom. The normalized spacial score (nSPS) is 23.4. The van der Waals surface area contributed by atoms with Gasteiger partial charge in [-0.2, -0.15) is 0 Å². The molecule has 0 spiro atoms. The van der Waals surface area contributed by atoms with Crippen LogP contribution in [0.4, 0.5) is 0 Å². The molecule has 0 aromatic rings. The standard InChI is InChI=1S/C10H16N2O4/c1-9(2)4-6(13)12(7(9)14)5-10(3,11)8(15)16/h4-5,11H2,1-3H3,(H,15,16). The van der Waals surface area contributed by atoms with E-state index in [-0.39, 0.29) is 24.8 Å². The zero-order valence-electron chi connectivity index (χ0n) is 9.61. The van der Waals surface area contributed by atoms with E-state index >= 15 is 0 Å². The van der Waals surface area contributed by atoms with Gasteiger partial charge in [0, 0.05) is 6.42 Å². The molecule has 1 atom stereocenters. The molecule has 0 aromatic heterocycles. The minimum atomic E-state index is -1.61. The van der Waals surface area contributed by atoms with Crippen LogP contribution in [0.1, 0.15) is 27.2 Å². The van der Waals surface area contributed by atoms with Crippen LogP contribution in [0.25, 0.3) is 0 Å². The summed E-state index contributed by atoms with van der Waals surface area (Å²) in [6.07, 6.45) is 0.0987. The first-order valence-electron chi connectivity index (χ1n) is 4.95. The maximum atomic E-state index is 11.8. The Morgan fingerprint density at radius 3 is 2.38 bits per heavy atom. The zero-order valence-corrected chi connectivity index (χ0v) is 9.61. The van der Waals surface area contributed by atoms with Crippen LogP contribution in [-0.4, -0.2) is 39.9 Å². The molecule has 16 heavy (non-hydrogen) atoms. The number of hydrogen-bond donors (Lipinski definition) is 2. The summed E-state index contributed by atoms with van der Waals surface area (Å²) in [5.41, 5.74) is 3.14. The Kier molecular flexibility index (Phi) is 2.81. The summed E-state index contributed by atoms with van der Waals surface area (Å²) in [4.78, 5) is 35.1. The Bertz CT molecular complexity index is 360. The highest BCUT2D eigenvalue weighted by Crippen LogP contribution is 2.32. The fourth-order valence-electron chi connectivity index (χ4n) is 1.58. The monoisotopic (exact) mass is 228 g/mol. The molecule has 1 saturated heterocycles. The fourth-order valence-corrected chi connectivity index (χ4v) is 1.58. The van der Waals surface area contributed by atoms with Gasteiger partial charge in [0.05, 0.1) is 12.0 Å². The Morgan fingerprint density at radius 1 is 1.56 bits per heavy atom. The van der Waals surface area contributed by atoms with Crippen LogP contribution in [0.3, 0.4) is 0 Å². The first-order valence-corrected chi connectivity index (χ1v) is 4.95. The number of nitrogens with two attached hydrogens (primary N) is 1. The van der Waals surface area contributed by atoms with Crippen molar-refractivity contribution in [3.05, 3.63) is 0 Å². The van der Waals surface area contributed by atoms with Gasteiger partial charge in [-0.1, -0.05) is 13.8 Å². The van der Waals surface area contributed by atoms with Crippen LogP contribution in [0.2, 0.25) is 0 Å². The van der Waals surface area contributed by atoms with E-state index in [9.17, 15) is 14.4 Å². The molecule has 90 valence electrons. The summed E-state index contributed by atoms with van der Waals surface area (Å²) < 4.78 is 0. The molecule has 0 bridgehead atoms. The third-order valence-corrected chi connectivity index (χ3v) is 2.69. The van der Waals surface area contributed by atoms with Crippen molar-refractivity contribution < 1.29 is 19.5 Å². The summed E-state index contributed by atoms with van der Waals surface area (Å²) >= 11 is 0. The van der Waals surface area contributed by atoms with Gasteiger partial charge in [-0.05, 0) is 6.92 Å². The molecular formula is C10H16N2O4. The topological polar surface area (TPSA) is 101 Å². The molecule has 6 heteroatoms. The lowest BCUT2D eigenvalue weighted by atomic mass is 9.92. The predicted molar refractivity (Wildman–Crippen MR) is 55.3 cm³/mol. The number of likely N-dealkylation sites (tertiary alicyclic amines) is 1. The van der Waals surface area contributed by atoms with Gasteiger partial charge in [0.25, 0.3) is 0 Å². The van der Waals surface area contributed by atoms with Crippen LogP contribution in [0.15, 0.2) is 0 Å². The molecule has 0 radical (unpaired) electrons. The second-order valence-electron chi connectivity index (χ2n) is 5.07. The summed E-state index contributed by atoms with van der Waals surface area (Å²) in [6, 6.07) is 0. The second kappa shape index (κ2) is 3.55. The SMILES string of the molecule is CC1(C)CC(=O)N(CC(C)(N)C(=O)O)C1=O. The van der Waals surface area contributed by atoms with Gasteiger partial charge in [-0.15, -0.1) is 0 Å². The molecule has 2 amide bonds. The van der Waals surface area contributed by atoms with Gasteiger partial charge in [0.15, 0.2) is 0 Å². The zero-order chi connectivity index (χ0) is 12.7. The van der Waals surface area contributed by atoms with Gasteiger partial charge in [0.1, 0.15) is 5.54 Å². The molecule has 0 saturated carbocycles. The average molecular weight is 228 g/mol. The van der Waals surface area contributed by atoms with Gasteiger partial charge in [-0.25, -0.2) is 0 Å². The van der Waals surface area contributed by atoms with Gasteiger partial charge in [0.2, 0.25) is 11.8 Å². The molecule has 0 aromatic carbocycles. The van der Waals surface area contributed by atoms with Gasteiger partial charge >= 0.3 is 5.97 Å². The van der Waals surface area contributed by atoms with Crippen molar-refractivity contribution in [3.63, 3.8) is 0 Å². The number of amides is 2. The third kappa shape index (κ3) is 2.06. The Balaban J connectivity index is 2.88. The number of hydrogen-bond acceptors (Lipinski definition) is 4. The number of carboxylic acids is 1. The first-order chi connectivity index (χ1) is 7.08. The van der Waals surface area contributed by atoms with Crippen molar-refractivity contribution >= 4 is 17.8 Å². The van der Waals surface area contributed by atoms with E-state index in [0.29, 0.717) is 0 Å². The van der Waals surface area contributed by atoms with Crippen molar-refractivity contribution in [2.45, 2.75) is 32.7 Å². The van der Waals surface area contributed by atoms with Crippen molar-refractivity contribution in [1.82, 2.24) is 4.90 Å². The van der Waals surface area contributed by atoms with E-state index in [0.717, 1.165) is 4.90 Å². The molecule has 3 N–H and O–H groups in total. The number of imide groups is 1. The lowest BCUT2D eigenvalue weighted by Gasteiger charge is -2.26. The van der Waals surface area contributed by atoms with E-state index < -0.39 is 16.9 Å². The van der Waals surface area contributed by atoms with E-state index in [1.807, 2.05) is 0 Å². The van der Waals surface area contributed by atoms with Crippen molar-refractivity contribution in [2.24, 2.45) is 11.1 Å². The molecule has 1 aliphatic rings. The number of carboxylic acid groups (broad SMARTS) is 1. The van der Waals surface area contributed by atoms with Crippen molar-refractivity contribution in [2.75, 3.05) is 6.54 Å². The summed E-state index contributed by atoms with van der Waals surface area (Å²) in [5, 5.41) is 8.83. The molecule has 1 rings (SSSR count). The highest BCUT2D eigenvalue weighted by atomic mass is 16.4. The lowest BCUT2D eigenvalue weighted by molar-refractivity contribution is -0.147. The smallest absolute Gasteiger partial charge is 0.325 e. The summed E-state index contributed by atoms with van der Waals surface area (Å²) in [7, 11) is 0. The second-order valence-corrected chi connectivity index (χ2v) is 5.07. The molecule has 6 nitrogen and oxygen atoms in total. The maximum absolute atomic E-state index is 11.8. The Hall–Kier alpha value is -1.43. The summed E-state index contributed by atoms with van der Waals surface area (Å²) in [5.74, 6) is -1.97. The molecule has 0 aliphatic carbocycles. The third-order valence-electron chi connectivity index (χ3n) is 2.69. The van der Waals surface area contributed by atoms with E-state index in [1.54, 1.807) is 13.8 Å². The minimum Gasteiger partial charge on any atom is -0.480 e. The maximum Gasteiger partial charge on any atom is 0.325 e. The van der Waals surface area contributed by atoms with Crippen LogP contribution in [0, 0.1) is 5.41 Å². The number of rotatable bonds is 3. The number of aliphatic carboxylic acids is 1. The Labute approximate surface area is 93.4 Å². The number of carbonyl (C=O) groups is 3. The predicted octanol–water partition coefficient (Wildman–Crippen LogP) is -0.426. The van der Waals surface area contributed by atoms with Crippen LogP contribution in [0.5, 0.6) is 0 Å². The largest absolute Gasteiger partial charge is 0.480 e. The van der Waals surface area contributed by atoms with E-state index in [1.165, 1.54) is 6.92 Å². The minimum absolute atomic E-state index is 0.0987. The van der Waals surface area contributed by atoms with Crippen molar-refractivity contribution in [3.8, 4) is 0 Å². The van der Waals surface area contributed by atoms with Crippen LogP contribution in [-0.2, 0) is 14.4 Å². The van der Waals surface area contributed by atoms with Crippen LogP contribution >= 0.6 is 0 Å². The number of nitrogens with zero attached hydrogens (tertiary/aromatic N) is 1. The highest BCUT2D eigenvalue weighted by molar-refractivity contribution is 6.05. The molecule has 1 fully saturated rings. The van der Waals surface area contributed by atoms with E-state index in [2.05, 4.69) is 0 Å². The quantitative estimate of drug-likeness (QED) is 0.638. The molecule has 1 aliphatic heterocycles. The lowest BCUT2D eigenvalue weighted by Crippen LogP contribution is -2.55. The molecule has 1 unspecified atom stereocenters. The van der Waals surface area contributed by atoms with Crippen LogP contribution < -0.4 is 5.73 Å². The first kappa shape index (κ1) is 12.6. The highest BCUT2D eigenvalue weighted by Gasteiger charge is 2.47. The number of carbonyl (C=O) groups excluding carboxylic acids is 2. The van der Waals surface area contributed by atoms with E-state index in [4.69, 9.17) is 10.8 Å². The molecular weight excluding hydrogens is 212 g/mol. The average Bonchev–Trinajstić information content (AvgIpc) is 2.27.